The van der Waals surface area contributed by atoms with E-state index in [1.54, 1.807) is 0 Å². The van der Waals surface area contributed by atoms with E-state index in [9.17, 15) is 0 Å². The van der Waals surface area contributed by atoms with E-state index in [4.69, 9.17) is 15.7 Å². The second kappa shape index (κ2) is 4.69. The van der Waals surface area contributed by atoms with Gasteiger partial charge in [-0.2, -0.15) is 5.26 Å². The number of nitrogens with one attached hydrogen (secondary N) is 1. The van der Waals surface area contributed by atoms with Crippen molar-refractivity contribution in [3.63, 3.8) is 0 Å². The van der Waals surface area contributed by atoms with Crippen LogP contribution >= 0.6 is 11.3 Å². The Bertz CT molecular complexity index is 483. The van der Waals surface area contributed by atoms with Crippen molar-refractivity contribution < 1.29 is 4.74 Å². The molecule has 0 spiro atoms. The molecule has 1 fully saturated rings. The first kappa shape index (κ1) is 13.0. The Hall–Kier alpha value is -1.41. The summed E-state index contributed by atoms with van der Waals surface area (Å²) in [5.74, 6) is 0.635. The summed E-state index contributed by atoms with van der Waals surface area (Å²) >= 11 is 1.37. The Morgan fingerprint density at radius 3 is 2.72 bits per heavy atom. The summed E-state index contributed by atoms with van der Waals surface area (Å²) in [6.07, 6.45) is 2.56. The van der Waals surface area contributed by atoms with Crippen LogP contribution in [0.1, 0.15) is 38.5 Å². The predicted octanol–water partition coefficient (Wildman–Crippen LogP) is 3.20. The first-order valence-electron chi connectivity index (χ1n) is 6.18. The lowest BCUT2D eigenvalue weighted by molar-refractivity contribution is 0.246. The summed E-state index contributed by atoms with van der Waals surface area (Å²) in [5.41, 5.74) is 6.80. The van der Waals surface area contributed by atoms with Crippen LogP contribution in [0.4, 0.5) is 10.7 Å². The smallest absolute Gasteiger partial charge is 0.178 e. The van der Waals surface area contributed by atoms with Crippen LogP contribution < -0.4 is 15.8 Å². The quantitative estimate of drug-likeness (QED) is 0.857. The molecule has 1 aliphatic carbocycles. The molecular formula is C13H19N3OS. The molecule has 1 heterocycles. The van der Waals surface area contributed by atoms with Gasteiger partial charge in [0.1, 0.15) is 21.6 Å². The first-order valence-corrected chi connectivity index (χ1v) is 7.00. The van der Waals surface area contributed by atoms with E-state index in [1.165, 1.54) is 24.2 Å². The van der Waals surface area contributed by atoms with E-state index in [0.29, 0.717) is 21.7 Å². The van der Waals surface area contributed by atoms with Crippen LogP contribution in [0, 0.1) is 16.7 Å². The van der Waals surface area contributed by atoms with Crippen LogP contribution in [0.25, 0.3) is 0 Å². The number of hydrogen-bond acceptors (Lipinski definition) is 5. The summed E-state index contributed by atoms with van der Waals surface area (Å²) in [6.45, 7) is 7.07. The molecule has 18 heavy (non-hydrogen) atoms. The van der Waals surface area contributed by atoms with Gasteiger partial charge in [-0.05, 0) is 32.1 Å². The third kappa shape index (κ3) is 2.70. The molecule has 3 N–H and O–H groups in total. The molecule has 0 unspecified atom stereocenters. The highest BCUT2D eigenvalue weighted by Gasteiger charge is 2.37. The monoisotopic (exact) mass is 265 g/mol. The molecule has 4 nitrogen and oxygen atoms in total. The van der Waals surface area contributed by atoms with E-state index in [-0.39, 0.29) is 6.10 Å². The molecule has 1 aromatic rings. The van der Waals surface area contributed by atoms with Crippen LogP contribution in [0.3, 0.4) is 0 Å². The zero-order chi connectivity index (χ0) is 13.3. The molecule has 98 valence electrons. The molecule has 1 aliphatic rings. The Morgan fingerprint density at radius 2 is 2.22 bits per heavy atom. The Kier molecular flexibility index (Phi) is 3.40. The number of anilines is 2. The van der Waals surface area contributed by atoms with Crippen molar-refractivity contribution in [3.8, 4) is 11.8 Å². The maximum Gasteiger partial charge on any atom is 0.178 e. The number of nitrogen functional groups attached to an aromatic ring is 1. The van der Waals surface area contributed by atoms with Crippen molar-refractivity contribution in [1.82, 2.24) is 0 Å². The van der Waals surface area contributed by atoms with Gasteiger partial charge < -0.3 is 15.8 Å². The average molecular weight is 265 g/mol. The third-order valence-corrected chi connectivity index (χ3v) is 4.18. The minimum absolute atomic E-state index is 0.0468. The second-order valence-corrected chi connectivity index (χ2v) is 6.47. The van der Waals surface area contributed by atoms with Gasteiger partial charge in [-0.1, -0.05) is 6.92 Å². The maximum atomic E-state index is 9.03. The molecule has 0 aromatic carbocycles. The topological polar surface area (TPSA) is 71.1 Å². The number of hydrogen-bond donors (Lipinski definition) is 2. The zero-order valence-corrected chi connectivity index (χ0v) is 11.9. The summed E-state index contributed by atoms with van der Waals surface area (Å²) in [5, 5.41) is 13.3. The molecular weight excluding hydrogens is 246 g/mol. The molecule has 0 saturated heterocycles. The number of ether oxygens (including phenoxy) is 1. The maximum absolute atomic E-state index is 9.03. The van der Waals surface area contributed by atoms with Gasteiger partial charge in [-0.25, -0.2) is 0 Å². The fraction of sp³-hybridized carbons (Fsp3) is 0.615. The van der Waals surface area contributed by atoms with Crippen LogP contribution in [-0.4, -0.2) is 12.6 Å². The van der Waals surface area contributed by atoms with Crippen molar-refractivity contribution in [2.75, 3.05) is 17.6 Å². The number of nitrogens with two attached hydrogens (primary N) is 1. The minimum atomic E-state index is 0.0468. The zero-order valence-electron chi connectivity index (χ0n) is 11.0. The lowest BCUT2D eigenvalue weighted by atomic mass is 10.1. The van der Waals surface area contributed by atoms with Gasteiger partial charge in [0.05, 0.1) is 6.10 Å². The minimum Gasteiger partial charge on any atom is -0.486 e. The van der Waals surface area contributed by atoms with E-state index in [1.807, 2.05) is 13.8 Å². The van der Waals surface area contributed by atoms with Crippen LogP contribution in [0.15, 0.2) is 0 Å². The van der Waals surface area contributed by atoms with Gasteiger partial charge in [-0.3, -0.25) is 0 Å². The standard InChI is InChI=1S/C13H19N3OS/c1-8(2)17-11-10(15)9(6-14)18-12(11)16-7-13(3)4-5-13/h8,16H,4-5,7,15H2,1-3H3. The fourth-order valence-corrected chi connectivity index (χ4v) is 2.51. The summed E-state index contributed by atoms with van der Waals surface area (Å²) < 4.78 is 5.72. The van der Waals surface area contributed by atoms with Gasteiger partial charge >= 0.3 is 0 Å². The van der Waals surface area contributed by atoms with Crippen LogP contribution in [0.2, 0.25) is 0 Å². The second-order valence-electron chi connectivity index (χ2n) is 5.45. The first-order chi connectivity index (χ1) is 8.45. The van der Waals surface area contributed by atoms with Gasteiger partial charge in [0.15, 0.2) is 5.75 Å². The van der Waals surface area contributed by atoms with Crippen molar-refractivity contribution in [1.29, 1.82) is 5.26 Å². The molecule has 0 aliphatic heterocycles. The predicted molar refractivity (Wildman–Crippen MR) is 75.0 cm³/mol. The molecule has 5 heteroatoms. The van der Waals surface area contributed by atoms with Crippen molar-refractivity contribution in [2.24, 2.45) is 5.41 Å². The molecule has 0 amide bonds. The van der Waals surface area contributed by atoms with Crippen LogP contribution in [0.5, 0.6) is 5.75 Å². The highest BCUT2D eigenvalue weighted by atomic mass is 32.1. The van der Waals surface area contributed by atoms with E-state index < -0.39 is 0 Å². The lowest BCUT2D eigenvalue weighted by Gasteiger charge is -2.14. The molecule has 0 bridgehead atoms. The molecule has 0 radical (unpaired) electrons. The lowest BCUT2D eigenvalue weighted by Crippen LogP contribution is -2.13. The normalized spacial score (nSPS) is 16.4. The average Bonchev–Trinajstić information content (AvgIpc) is 2.97. The summed E-state index contributed by atoms with van der Waals surface area (Å²) in [7, 11) is 0. The molecule has 2 rings (SSSR count). The summed E-state index contributed by atoms with van der Waals surface area (Å²) in [4.78, 5) is 0.522. The molecule has 1 saturated carbocycles. The van der Waals surface area contributed by atoms with Gasteiger partial charge in [0.25, 0.3) is 0 Å². The van der Waals surface area contributed by atoms with Gasteiger partial charge in [0.2, 0.25) is 0 Å². The largest absolute Gasteiger partial charge is 0.486 e. The van der Waals surface area contributed by atoms with E-state index in [0.717, 1.165) is 11.5 Å². The van der Waals surface area contributed by atoms with Gasteiger partial charge in [-0.15, -0.1) is 11.3 Å². The van der Waals surface area contributed by atoms with Crippen molar-refractivity contribution >= 4 is 22.0 Å². The molecule has 1 aromatic heterocycles. The van der Waals surface area contributed by atoms with E-state index >= 15 is 0 Å². The number of nitriles is 1. The Balaban J connectivity index is 2.18. The van der Waals surface area contributed by atoms with E-state index in [2.05, 4.69) is 18.3 Å². The SMILES string of the molecule is CC(C)Oc1c(NCC2(C)CC2)sc(C#N)c1N. The number of nitrogens with zero attached hydrogens (tertiary/aromatic N) is 1. The summed E-state index contributed by atoms with van der Waals surface area (Å²) in [6, 6.07) is 2.12. The fourth-order valence-electron chi connectivity index (χ4n) is 1.66. The van der Waals surface area contributed by atoms with Crippen LogP contribution in [-0.2, 0) is 0 Å². The molecule has 0 atom stereocenters. The third-order valence-electron chi connectivity index (χ3n) is 3.13. The highest BCUT2D eigenvalue weighted by molar-refractivity contribution is 7.17. The van der Waals surface area contributed by atoms with Gasteiger partial charge in [0, 0.05) is 6.54 Å². The Morgan fingerprint density at radius 1 is 1.56 bits per heavy atom. The Labute approximate surface area is 112 Å². The van der Waals surface area contributed by atoms with Crippen molar-refractivity contribution in [3.05, 3.63) is 4.88 Å². The highest BCUT2D eigenvalue weighted by Crippen LogP contribution is 2.47. The number of rotatable bonds is 5. The number of thiophene rings is 1. The van der Waals surface area contributed by atoms with Crippen molar-refractivity contribution in [2.45, 2.75) is 39.7 Å².